The lowest BCUT2D eigenvalue weighted by Gasteiger charge is -2.34. The monoisotopic (exact) mass is 451 g/mol. The summed E-state index contributed by atoms with van der Waals surface area (Å²) in [5.41, 5.74) is 5.52. The second kappa shape index (κ2) is 8.15. The van der Waals surface area contributed by atoms with Gasteiger partial charge in [-0.3, -0.25) is 0 Å². The van der Waals surface area contributed by atoms with Gasteiger partial charge < -0.3 is 15.1 Å². The van der Waals surface area contributed by atoms with Crippen molar-refractivity contribution in [1.29, 1.82) is 0 Å². The molecule has 2 aromatic heterocycles. The molecule has 0 amide bonds. The van der Waals surface area contributed by atoms with Gasteiger partial charge in [0.25, 0.3) is 11.8 Å². The summed E-state index contributed by atoms with van der Waals surface area (Å²) in [6.45, 7) is 3.05. The van der Waals surface area contributed by atoms with Crippen molar-refractivity contribution < 1.29 is 21.6 Å². The van der Waals surface area contributed by atoms with E-state index >= 15 is 0 Å². The largest absolute Gasteiger partial charge is 0.414 e. The predicted octanol–water partition coefficient (Wildman–Crippen LogP) is 1.53. The van der Waals surface area contributed by atoms with Crippen molar-refractivity contribution in [3.63, 3.8) is 0 Å². The summed E-state index contributed by atoms with van der Waals surface area (Å²) < 4.78 is 58.9. The Bertz CT molecular complexity index is 1190. The van der Waals surface area contributed by atoms with Crippen molar-refractivity contribution in [3.8, 4) is 23.0 Å². The highest BCUT2D eigenvalue weighted by atomic mass is 32.2. The van der Waals surface area contributed by atoms with Crippen LogP contribution in [0, 0.1) is 11.6 Å². The first-order chi connectivity index (χ1) is 14.8. The maximum absolute atomic E-state index is 14.0. The highest BCUT2D eigenvalue weighted by Gasteiger charge is 2.27. The molecule has 3 heterocycles. The molecular formula is C18H19F2N7O3S. The fourth-order valence-electron chi connectivity index (χ4n) is 3.20. The van der Waals surface area contributed by atoms with E-state index in [4.69, 9.17) is 10.2 Å². The van der Waals surface area contributed by atoms with E-state index in [9.17, 15) is 17.2 Å². The van der Waals surface area contributed by atoms with Gasteiger partial charge in [-0.05, 0) is 19.1 Å². The summed E-state index contributed by atoms with van der Waals surface area (Å²) in [4.78, 5) is 10.4. The van der Waals surface area contributed by atoms with Gasteiger partial charge in [0.2, 0.25) is 10.0 Å². The number of halogens is 2. The number of nitrogens with zero attached hydrogens (tertiary/aromatic N) is 6. The Hall–Kier alpha value is -3.19. The van der Waals surface area contributed by atoms with Crippen molar-refractivity contribution >= 4 is 21.7 Å². The van der Waals surface area contributed by atoms with Gasteiger partial charge in [0.1, 0.15) is 23.0 Å². The van der Waals surface area contributed by atoms with E-state index < -0.39 is 27.2 Å². The van der Waals surface area contributed by atoms with Crippen LogP contribution in [0.2, 0.25) is 0 Å². The van der Waals surface area contributed by atoms with E-state index in [1.807, 2.05) is 4.90 Å². The second-order valence-corrected chi connectivity index (χ2v) is 9.02. The van der Waals surface area contributed by atoms with Crippen molar-refractivity contribution in [2.24, 2.45) is 0 Å². The minimum atomic E-state index is -3.26. The lowest BCUT2D eigenvalue weighted by atomic mass is 10.2. The number of benzene rings is 1. The zero-order chi connectivity index (χ0) is 22.2. The fourth-order valence-corrected chi connectivity index (χ4v) is 4.28. The predicted molar refractivity (Wildman–Crippen MR) is 108 cm³/mol. The van der Waals surface area contributed by atoms with Crippen molar-refractivity contribution in [2.75, 3.05) is 42.6 Å². The number of nitrogens with two attached hydrogens (primary N) is 1. The Kier molecular flexibility index (Phi) is 5.54. The van der Waals surface area contributed by atoms with Crippen LogP contribution in [0.5, 0.6) is 0 Å². The molecule has 164 valence electrons. The first kappa shape index (κ1) is 21.1. The van der Waals surface area contributed by atoms with Crippen molar-refractivity contribution in [1.82, 2.24) is 24.5 Å². The summed E-state index contributed by atoms with van der Waals surface area (Å²) in [5.74, 6) is -1.70. The van der Waals surface area contributed by atoms with E-state index in [1.54, 1.807) is 6.92 Å². The summed E-state index contributed by atoms with van der Waals surface area (Å²) in [6, 6.07) is 3.38. The third-order valence-electron chi connectivity index (χ3n) is 4.91. The molecular weight excluding hydrogens is 432 g/mol. The molecule has 1 aliphatic heterocycles. The smallest absolute Gasteiger partial charge is 0.270 e. The molecule has 4 rings (SSSR count). The molecule has 0 bridgehead atoms. The Morgan fingerprint density at radius 1 is 1.10 bits per heavy atom. The number of hydrogen-bond acceptors (Lipinski definition) is 9. The molecule has 3 aromatic rings. The average Bonchev–Trinajstić information content (AvgIpc) is 3.23. The maximum atomic E-state index is 14.0. The molecule has 1 saturated heterocycles. The number of sulfonamides is 1. The lowest BCUT2D eigenvalue weighted by Crippen LogP contribution is -2.49. The van der Waals surface area contributed by atoms with Gasteiger partial charge in [0.15, 0.2) is 11.5 Å². The Morgan fingerprint density at radius 3 is 2.39 bits per heavy atom. The molecule has 0 atom stereocenters. The minimum Gasteiger partial charge on any atom is -0.414 e. The highest BCUT2D eigenvalue weighted by Crippen LogP contribution is 2.30. The molecule has 0 unspecified atom stereocenters. The van der Waals surface area contributed by atoms with Crippen molar-refractivity contribution in [2.45, 2.75) is 6.92 Å². The zero-order valence-corrected chi connectivity index (χ0v) is 17.3. The van der Waals surface area contributed by atoms with Crippen LogP contribution >= 0.6 is 0 Å². The molecule has 1 fully saturated rings. The number of hydrogen-bond donors (Lipinski definition) is 1. The molecule has 0 aliphatic carbocycles. The maximum Gasteiger partial charge on any atom is 0.270 e. The van der Waals surface area contributed by atoms with Crippen LogP contribution in [0.4, 0.5) is 20.4 Å². The third kappa shape index (κ3) is 4.05. The van der Waals surface area contributed by atoms with Crippen LogP contribution < -0.4 is 10.6 Å². The molecule has 1 aromatic carbocycles. The highest BCUT2D eigenvalue weighted by molar-refractivity contribution is 7.89. The number of rotatable bonds is 5. The van der Waals surface area contributed by atoms with Gasteiger partial charge in [-0.25, -0.2) is 27.2 Å². The van der Waals surface area contributed by atoms with Crippen LogP contribution in [0.1, 0.15) is 6.92 Å². The molecule has 10 nitrogen and oxygen atoms in total. The standard InChI is InChI=1S/C18H19F2N7O3S/c1-2-31(28,29)27-8-6-26(7-9-27)13-10-22-16(21)15(23-13)18-25-24-17(30-18)14-11(19)4-3-5-12(14)20/h3-5,10H,2,6-9H2,1H3,(H2,21,22). The number of piperazine rings is 1. The van der Waals surface area contributed by atoms with E-state index in [0.29, 0.717) is 32.0 Å². The summed E-state index contributed by atoms with van der Waals surface area (Å²) in [7, 11) is -3.26. The third-order valence-corrected chi connectivity index (χ3v) is 6.79. The van der Waals surface area contributed by atoms with Crippen LogP contribution in [-0.4, -0.2) is 64.8 Å². The van der Waals surface area contributed by atoms with E-state index in [-0.39, 0.29) is 29.0 Å². The van der Waals surface area contributed by atoms with Gasteiger partial charge in [-0.2, -0.15) is 4.31 Å². The van der Waals surface area contributed by atoms with Crippen LogP contribution in [0.3, 0.4) is 0 Å². The van der Waals surface area contributed by atoms with Crippen LogP contribution in [0.15, 0.2) is 28.8 Å². The fraction of sp³-hybridized carbons (Fsp3) is 0.333. The van der Waals surface area contributed by atoms with E-state index in [1.165, 1.54) is 16.6 Å². The van der Waals surface area contributed by atoms with Gasteiger partial charge in [0, 0.05) is 26.2 Å². The molecule has 0 saturated carbocycles. The first-order valence-corrected chi connectivity index (χ1v) is 11.0. The molecule has 0 radical (unpaired) electrons. The summed E-state index contributed by atoms with van der Waals surface area (Å²) >= 11 is 0. The van der Waals surface area contributed by atoms with Crippen molar-refractivity contribution in [3.05, 3.63) is 36.0 Å². The topological polar surface area (TPSA) is 131 Å². The van der Waals surface area contributed by atoms with Crippen LogP contribution in [0.25, 0.3) is 23.0 Å². The number of aromatic nitrogens is 4. The summed E-state index contributed by atoms with van der Waals surface area (Å²) in [5, 5.41) is 7.52. The lowest BCUT2D eigenvalue weighted by molar-refractivity contribution is 0.384. The van der Waals surface area contributed by atoms with E-state index in [0.717, 1.165) is 12.1 Å². The number of anilines is 2. The van der Waals surface area contributed by atoms with E-state index in [2.05, 4.69) is 20.2 Å². The normalized spacial score (nSPS) is 15.4. The Morgan fingerprint density at radius 2 is 1.74 bits per heavy atom. The van der Waals surface area contributed by atoms with Gasteiger partial charge >= 0.3 is 0 Å². The first-order valence-electron chi connectivity index (χ1n) is 9.43. The van der Waals surface area contributed by atoms with Gasteiger partial charge in [-0.15, -0.1) is 10.2 Å². The quantitative estimate of drug-likeness (QED) is 0.613. The minimum absolute atomic E-state index is 0.000141. The molecule has 0 spiro atoms. The van der Waals surface area contributed by atoms with Crippen LogP contribution in [-0.2, 0) is 10.0 Å². The summed E-state index contributed by atoms with van der Waals surface area (Å²) in [6.07, 6.45) is 1.45. The SMILES string of the molecule is CCS(=O)(=O)N1CCN(c2cnc(N)c(-c3nnc(-c4c(F)cccc4F)o3)n2)CC1. The Labute approximate surface area is 176 Å². The molecule has 2 N–H and O–H groups in total. The number of nitrogen functional groups attached to an aromatic ring is 1. The molecule has 13 heteroatoms. The Balaban J connectivity index is 1.59. The molecule has 1 aliphatic rings. The zero-order valence-electron chi connectivity index (χ0n) is 16.5. The van der Waals surface area contributed by atoms with Gasteiger partial charge in [0.05, 0.1) is 11.9 Å². The molecule has 31 heavy (non-hydrogen) atoms. The second-order valence-electron chi connectivity index (χ2n) is 6.76. The van der Waals surface area contributed by atoms with Gasteiger partial charge in [-0.1, -0.05) is 6.07 Å². The average molecular weight is 451 g/mol.